The van der Waals surface area contributed by atoms with E-state index in [2.05, 4.69) is 16.8 Å². The summed E-state index contributed by atoms with van der Waals surface area (Å²) in [6.07, 6.45) is 0.663. The van der Waals surface area contributed by atoms with E-state index in [0.29, 0.717) is 17.7 Å². The maximum Gasteiger partial charge on any atom is 0.265 e. The maximum atomic E-state index is 13.2. The van der Waals surface area contributed by atoms with E-state index in [1.165, 1.54) is 4.90 Å². The molecule has 26 heavy (non-hydrogen) atoms. The second-order valence-electron chi connectivity index (χ2n) is 7.08. The molecule has 1 saturated heterocycles. The summed E-state index contributed by atoms with van der Waals surface area (Å²) >= 11 is 0. The van der Waals surface area contributed by atoms with Gasteiger partial charge in [0.05, 0.1) is 12.2 Å². The highest BCUT2D eigenvalue weighted by Crippen LogP contribution is 2.30. The lowest BCUT2D eigenvalue weighted by atomic mass is 10.0. The Kier molecular flexibility index (Phi) is 4.57. The van der Waals surface area contributed by atoms with Crippen LogP contribution < -0.4 is 4.90 Å². The molecule has 5 heteroatoms. The van der Waals surface area contributed by atoms with E-state index in [4.69, 9.17) is 0 Å². The molecule has 134 valence electrons. The lowest BCUT2D eigenvalue weighted by molar-refractivity contribution is -0.119. The van der Waals surface area contributed by atoms with E-state index in [0.717, 1.165) is 37.3 Å². The molecule has 0 spiro atoms. The number of likely N-dealkylation sites (N-methyl/N-ethyl adjacent to an activating group) is 1. The first-order chi connectivity index (χ1) is 12.6. The quantitative estimate of drug-likeness (QED) is 0.832. The van der Waals surface area contributed by atoms with Crippen molar-refractivity contribution in [2.45, 2.75) is 6.42 Å². The van der Waals surface area contributed by atoms with E-state index in [1.54, 1.807) is 0 Å². The number of rotatable bonds is 2. The van der Waals surface area contributed by atoms with Crippen molar-refractivity contribution in [3.05, 3.63) is 65.2 Å². The van der Waals surface area contributed by atoms with Crippen LogP contribution in [0.4, 0.5) is 5.69 Å². The van der Waals surface area contributed by atoms with Crippen molar-refractivity contribution in [3.63, 3.8) is 0 Å². The van der Waals surface area contributed by atoms with Gasteiger partial charge in [-0.05, 0) is 30.3 Å². The molecule has 2 aromatic rings. The predicted octanol–water partition coefficient (Wildman–Crippen LogP) is 2.01. The number of imide groups is 1. The molecular formula is C21H23N3O2. The third-order valence-electron chi connectivity index (χ3n) is 5.27. The van der Waals surface area contributed by atoms with Gasteiger partial charge >= 0.3 is 0 Å². The van der Waals surface area contributed by atoms with Gasteiger partial charge in [-0.3, -0.25) is 14.5 Å². The van der Waals surface area contributed by atoms with E-state index < -0.39 is 0 Å². The minimum absolute atomic E-state index is 0.149. The minimum atomic E-state index is -0.218. The van der Waals surface area contributed by atoms with Crippen molar-refractivity contribution >= 4 is 17.5 Å². The number of fused-ring (bicyclic) bond motifs is 2. The van der Waals surface area contributed by atoms with Crippen LogP contribution in [0.1, 0.15) is 21.5 Å². The van der Waals surface area contributed by atoms with Crippen LogP contribution in [0.25, 0.3) is 0 Å². The number of hydrogen-bond acceptors (Lipinski definition) is 4. The molecule has 0 saturated carbocycles. The Morgan fingerprint density at radius 1 is 0.923 bits per heavy atom. The Bertz CT molecular complexity index is 841. The fraction of sp³-hybridized carbons (Fsp3) is 0.333. The highest BCUT2D eigenvalue weighted by molar-refractivity contribution is 6.23. The van der Waals surface area contributed by atoms with Gasteiger partial charge in [-0.15, -0.1) is 0 Å². The molecule has 4 rings (SSSR count). The number of nitrogens with zero attached hydrogens (tertiary/aromatic N) is 3. The standard InChI is InChI=1S/C21H23N3O2/c1-22-10-12-23(13-11-22)15-20(25)24-19-9-5-3-7-17(19)14-16-6-2-4-8-18(16)21(24)26/h2-9H,10-15H2,1H3. The van der Waals surface area contributed by atoms with Crippen molar-refractivity contribution < 1.29 is 9.59 Å². The Hall–Kier alpha value is -2.50. The molecule has 0 aliphatic carbocycles. The number of piperazine rings is 1. The van der Waals surface area contributed by atoms with Crippen LogP contribution in [-0.2, 0) is 11.2 Å². The van der Waals surface area contributed by atoms with Crippen LogP contribution in [0, 0.1) is 0 Å². The van der Waals surface area contributed by atoms with E-state index >= 15 is 0 Å². The van der Waals surface area contributed by atoms with Crippen LogP contribution >= 0.6 is 0 Å². The number of carbonyl (C=O) groups excluding carboxylic acids is 2. The lowest BCUT2D eigenvalue weighted by Gasteiger charge is -2.33. The first-order valence-corrected chi connectivity index (χ1v) is 9.07. The second kappa shape index (κ2) is 7.02. The summed E-state index contributed by atoms with van der Waals surface area (Å²) in [7, 11) is 2.09. The van der Waals surface area contributed by atoms with Gasteiger partial charge < -0.3 is 4.90 Å². The SMILES string of the molecule is CN1CCN(CC(=O)N2C(=O)c3ccccc3Cc3ccccc32)CC1. The molecule has 2 aromatic carbocycles. The first-order valence-electron chi connectivity index (χ1n) is 9.07. The largest absolute Gasteiger partial charge is 0.304 e. The van der Waals surface area contributed by atoms with Crippen molar-refractivity contribution in [3.8, 4) is 0 Å². The molecule has 0 unspecified atom stereocenters. The van der Waals surface area contributed by atoms with Crippen molar-refractivity contribution in [2.75, 3.05) is 44.7 Å². The minimum Gasteiger partial charge on any atom is -0.304 e. The zero-order valence-electron chi connectivity index (χ0n) is 15.0. The molecule has 0 N–H and O–H groups in total. The Balaban J connectivity index is 1.67. The average Bonchev–Trinajstić information content (AvgIpc) is 2.77. The Labute approximate surface area is 153 Å². The Morgan fingerprint density at radius 3 is 2.35 bits per heavy atom. The van der Waals surface area contributed by atoms with Crippen LogP contribution in [0.15, 0.2) is 48.5 Å². The highest BCUT2D eigenvalue weighted by atomic mass is 16.2. The topological polar surface area (TPSA) is 43.9 Å². The summed E-state index contributed by atoms with van der Waals surface area (Å²) in [6, 6.07) is 15.3. The average molecular weight is 349 g/mol. The van der Waals surface area contributed by atoms with Crippen molar-refractivity contribution in [1.29, 1.82) is 0 Å². The third kappa shape index (κ3) is 3.16. The van der Waals surface area contributed by atoms with Gasteiger partial charge in [0.2, 0.25) is 5.91 Å². The van der Waals surface area contributed by atoms with Gasteiger partial charge in [-0.2, -0.15) is 0 Å². The lowest BCUT2D eigenvalue weighted by Crippen LogP contribution is -2.50. The molecular weight excluding hydrogens is 326 g/mol. The molecule has 2 aliphatic rings. The fourth-order valence-electron chi connectivity index (χ4n) is 3.71. The summed E-state index contributed by atoms with van der Waals surface area (Å²) in [5.74, 6) is -0.367. The van der Waals surface area contributed by atoms with E-state index in [-0.39, 0.29) is 18.4 Å². The van der Waals surface area contributed by atoms with Crippen LogP contribution in [0.5, 0.6) is 0 Å². The smallest absolute Gasteiger partial charge is 0.265 e. The van der Waals surface area contributed by atoms with Crippen molar-refractivity contribution in [2.24, 2.45) is 0 Å². The number of anilines is 1. The number of para-hydroxylation sites is 1. The molecule has 0 aromatic heterocycles. The first kappa shape index (κ1) is 16.9. The Morgan fingerprint density at radius 2 is 1.58 bits per heavy atom. The summed E-state index contributed by atoms with van der Waals surface area (Å²) in [4.78, 5) is 32.1. The van der Waals surface area contributed by atoms with Crippen LogP contribution in [0.3, 0.4) is 0 Å². The second-order valence-corrected chi connectivity index (χ2v) is 7.08. The summed E-state index contributed by atoms with van der Waals surface area (Å²) in [5.41, 5.74) is 3.32. The number of carbonyl (C=O) groups is 2. The summed E-state index contributed by atoms with van der Waals surface area (Å²) in [5, 5.41) is 0. The van der Waals surface area contributed by atoms with Gasteiger partial charge in [0.25, 0.3) is 5.91 Å². The number of amides is 2. The van der Waals surface area contributed by atoms with Crippen LogP contribution in [-0.4, -0.2) is 61.4 Å². The molecule has 2 aliphatic heterocycles. The molecule has 0 bridgehead atoms. The number of benzene rings is 2. The fourth-order valence-corrected chi connectivity index (χ4v) is 3.71. The molecule has 2 amide bonds. The monoisotopic (exact) mass is 349 g/mol. The molecule has 2 heterocycles. The normalized spacial score (nSPS) is 18.2. The van der Waals surface area contributed by atoms with Crippen molar-refractivity contribution in [1.82, 2.24) is 9.80 Å². The van der Waals surface area contributed by atoms with Gasteiger partial charge in [-0.1, -0.05) is 36.4 Å². The number of hydrogen-bond donors (Lipinski definition) is 0. The maximum absolute atomic E-state index is 13.2. The van der Waals surface area contributed by atoms with Gasteiger partial charge in [0.1, 0.15) is 0 Å². The zero-order valence-corrected chi connectivity index (χ0v) is 15.0. The molecule has 0 radical (unpaired) electrons. The van der Waals surface area contributed by atoms with Gasteiger partial charge in [-0.25, -0.2) is 4.90 Å². The summed E-state index contributed by atoms with van der Waals surface area (Å²) in [6.45, 7) is 3.86. The molecule has 5 nitrogen and oxygen atoms in total. The zero-order chi connectivity index (χ0) is 18.1. The predicted molar refractivity (Wildman–Crippen MR) is 101 cm³/mol. The van der Waals surface area contributed by atoms with Crippen LogP contribution in [0.2, 0.25) is 0 Å². The van der Waals surface area contributed by atoms with Gasteiger partial charge in [0.15, 0.2) is 0 Å². The molecule has 0 atom stereocenters. The van der Waals surface area contributed by atoms with E-state index in [9.17, 15) is 9.59 Å². The van der Waals surface area contributed by atoms with Gasteiger partial charge in [0, 0.05) is 38.2 Å². The third-order valence-corrected chi connectivity index (χ3v) is 5.27. The summed E-state index contributed by atoms with van der Waals surface area (Å²) < 4.78 is 0. The molecule has 1 fully saturated rings. The highest BCUT2D eigenvalue weighted by Gasteiger charge is 2.32. The van der Waals surface area contributed by atoms with E-state index in [1.807, 2.05) is 48.5 Å².